The summed E-state index contributed by atoms with van der Waals surface area (Å²) in [5, 5.41) is 23.0. The van der Waals surface area contributed by atoms with Gasteiger partial charge in [0, 0.05) is 23.7 Å². The second-order valence-electron chi connectivity index (χ2n) is 12.6. The lowest BCUT2D eigenvalue weighted by molar-refractivity contribution is -0.214. The average Bonchev–Trinajstić information content (AvgIpc) is 3.42. The highest BCUT2D eigenvalue weighted by Crippen LogP contribution is 2.88. The topological polar surface area (TPSA) is 146 Å². The lowest BCUT2D eigenvalue weighted by atomic mass is 9.50. The number of hydrogen-bond acceptors (Lipinski definition) is 6. The third-order valence-corrected chi connectivity index (χ3v) is 10.8. The Hall–Kier alpha value is -3.14. The zero-order valence-electron chi connectivity index (χ0n) is 21.6. The summed E-state index contributed by atoms with van der Waals surface area (Å²) >= 11 is 0. The minimum atomic E-state index is -1.29. The summed E-state index contributed by atoms with van der Waals surface area (Å²) in [7, 11) is 0. The van der Waals surface area contributed by atoms with Crippen molar-refractivity contribution in [2.75, 3.05) is 0 Å². The summed E-state index contributed by atoms with van der Waals surface area (Å²) in [5.74, 6) is 0.0869. The van der Waals surface area contributed by atoms with Gasteiger partial charge in [-0.3, -0.25) is 14.4 Å². The minimum Gasteiger partial charge on any atom is -0.445 e. The average molecular weight is 523 g/mol. The van der Waals surface area contributed by atoms with Gasteiger partial charge in [-0.2, -0.15) is 0 Å². The third-order valence-electron chi connectivity index (χ3n) is 10.8. The first-order valence-electron chi connectivity index (χ1n) is 13.7. The molecule has 0 aromatic heterocycles. The van der Waals surface area contributed by atoms with Crippen LogP contribution in [0.15, 0.2) is 30.3 Å². The molecule has 12 unspecified atom stereocenters. The van der Waals surface area contributed by atoms with Gasteiger partial charge in [0.1, 0.15) is 30.0 Å². The predicted octanol–water partition coefficient (Wildman–Crippen LogP) is 0.503. The molecule has 7 aliphatic rings. The maximum absolute atomic E-state index is 13.7. The number of aliphatic hydroxyl groups is 1. The van der Waals surface area contributed by atoms with E-state index in [0.717, 1.165) is 12.0 Å². The first-order chi connectivity index (χ1) is 18.1. The molecule has 8 rings (SSSR count). The molecule has 38 heavy (non-hydrogen) atoms. The molecule has 4 bridgehead atoms. The monoisotopic (exact) mass is 522 g/mol. The Labute approximate surface area is 220 Å². The minimum absolute atomic E-state index is 0.0349. The van der Waals surface area contributed by atoms with Crippen LogP contribution in [-0.2, 0) is 25.7 Å². The van der Waals surface area contributed by atoms with Gasteiger partial charge >= 0.3 is 6.09 Å². The van der Waals surface area contributed by atoms with Crippen LogP contribution in [0.2, 0.25) is 0 Å². The maximum atomic E-state index is 13.7. The van der Waals surface area contributed by atoms with Crippen molar-refractivity contribution in [3.05, 3.63) is 35.9 Å². The van der Waals surface area contributed by atoms with E-state index in [1.54, 1.807) is 0 Å². The van der Waals surface area contributed by atoms with Crippen molar-refractivity contribution in [3.8, 4) is 0 Å². The number of nitrogens with one attached hydrogen (secondary N) is 4. The molecule has 7 fully saturated rings. The highest BCUT2D eigenvalue weighted by atomic mass is 16.5. The van der Waals surface area contributed by atoms with E-state index in [1.807, 2.05) is 44.2 Å². The Morgan fingerprint density at radius 1 is 1.00 bits per heavy atom. The van der Waals surface area contributed by atoms with Crippen LogP contribution in [0.25, 0.3) is 0 Å². The highest BCUT2D eigenvalue weighted by molar-refractivity contribution is 5.94. The third kappa shape index (κ3) is 2.76. The molecule has 2 heterocycles. The number of amides is 4. The normalized spacial score (nSPS) is 43.0. The van der Waals surface area contributed by atoms with Crippen LogP contribution in [0.3, 0.4) is 0 Å². The standard InChI is InChI=1S/C28H34N4O6/c1-11(2)22(30-23(33)12(3)29-26(36)38-10-13-7-5-4-6-8-13)24(34)31-28-19-15-9-14-16-17(15)21(28)20(16)27(37,18(14)19)25(35)32-28/h4-8,11-12,14-22,37H,9-10H2,1-3H3,(H,29,36)(H,30,33)(H,31,34)(H,32,35). The first-order valence-corrected chi connectivity index (χ1v) is 13.7. The molecule has 0 spiro atoms. The lowest BCUT2D eigenvalue weighted by Crippen LogP contribution is -2.85. The van der Waals surface area contributed by atoms with Crippen LogP contribution in [0.5, 0.6) is 0 Å². The Morgan fingerprint density at radius 2 is 1.68 bits per heavy atom. The summed E-state index contributed by atoms with van der Waals surface area (Å²) in [6.07, 6.45) is 0.301. The largest absolute Gasteiger partial charge is 0.445 e. The molecule has 10 heteroatoms. The van der Waals surface area contributed by atoms with Crippen LogP contribution in [0.1, 0.15) is 32.8 Å². The van der Waals surface area contributed by atoms with E-state index in [-0.39, 0.29) is 48.0 Å². The van der Waals surface area contributed by atoms with Gasteiger partial charge in [0.05, 0.1) is 0 Å². The van der Waals surface area contributed by atoms with Crippen LogP contribution < -0.4 is 21.3 Å². The predicted molar refractivity (Wildman–Crippen MR) is 132 cm³/mol. The number of alkyl carbamates (subject to hydrolysis) is 1. The Balaban J connectivity index is 1.02. The van der Waals surface area contributed by atoms with Gasteiger partial charge in [0.15, 0.2) is 0 Å². The molecule has 5 aliphatic carbocycles. The summed E-state index contributed by atoms with van der Waals surface area (Å²) in [6, 6.07) is 7.44. The molecule has 1 aromatic carbocycles. The summed E-state index contributed by atoms with van der Waals surface area (Å²) < 4.78 is 5.20. The van der Waals surface area contributed by atoms with E-state index in [4.69, 9.17) is 4.74 Å². The van der Waals surface area contributed by atoms with Gasteiger partial charge in [-0.05, 0) is 48.5 Å². The first kappa shape index (κ1) is 23.9. The molecule has 2 aliphatic heterocycles. The summed E-state index contributed by atoms with van der Waals surface area (Å²) in [6.45, 7) is 5.29. The quantitative estimate of drug-likeness (QED) is 0.336. The van der Waals surface area contributed by atoms with Gasteiger partial charge in [0.25, 0.3) is 5.91 Å². The zero-order valence-corrected chi connectivity index (χ0v) is 21.6. The van der Waals surface area contributed by atoms with Crippen LogP contribution in [-0.4, -0.2) is 52.3 Å². The Morgan fingerprint density at radius 3 is 2.39 bits per heavy atom. The SMILES string of the molecule is CC(NC(=O)OCc1ccccc1)C(=O)NC(C(=O)NC12NC(=O)C3(O)C4C5CC(C6C5C3C61)C42)C(C)C. The van der Waals surface area contributed by atoms with E-state index < -0.39 is 35.3 Å². The number of fused-ring (bicyclic) bond motifs is 1. The molecular weight excluding hydrogens is 488 g/mol. The van der Waals surface area contributed by atoms with Crippen molar-refractivity contribution in [2.24, 2.45) is 53.3 Å². The van der Waals surface area contributed by atoms with Crippen molar-refractivity contribution < 1.29 is 29.0 Å². The van der Waals surface area contributed by atoms with Crippen molar-refractivity contribution in [1.29, 1.82) is 0 Å². The second-order valence-corrected chi connectivity index (χ2v) is 12.6. The van der Waals surface area contributed by atoms with Gasteiger partial charge in [-0.15, -0.1) is 0 Å². The van der Waals surface area contributed by atoms with Crippen LogP contribution >= 0.6 is 0 Å². The molecule has 10 nitrogen and oxygen atoms in total. The van der Waals surface area contributed by atoms with E-state index in [1.165, 1.54) is 6.92 Å². The number of carbonyl (C=O) groups is 4. The Bertz CT molecular complexity index is 1240. The fourth-order valence-corrected chi connectivity index (χ4v) is 9.73. The second kappa shape index (κ2) is 7.71. The van der Waals surface area contributed by atoms with Crippen molar-refractivity contribution >= 4 is 23.8 Å². The molecular formula is C28H34N4O6. The van der Waals surface area contributed by atoms with Gasteiger partial charge in [-0.1, -0.05) is 44.2 Å². The zero-order chi connectivity index (χ0) is 26.7. The number of ether oxygens (including phenoxy) is 1. The molecule has 1 aromatic rings. The van der Waals surface area contributed by atoms with Crippen molar-refractivity contribution in [3.63, 3.8) is 0 Å². The molecule has 202 valence electrons. The van der Waals surface area contributed by atoms with E-state index in [2.05, 4.69) is 21.3 Å². The van der Waals surface area contributed by atoms with Gasteiger partial charge < -0.3 is 31.1 Å². The van der Waals surface area contributed by atoms with Crippen LogP contribution in [0.4, 0.5) is 4.79 Å². The molecule has 0 radical (unpaired) electrons. The Kier molecular flexibility index (Phi) is 4.86. The van der Waals surface area contributed by atoms with Crippen molar-refractivity contribution in [1.82, 2.24) is 21.3 Å². The highest BCUT2D eigenvalue weighted by Gasteiger charge is 2.95. The fraction of sp³-hybridized carbons (Fsp3) is 0.643. The smallest absolute Gasteiger partial charge is 0.408 e. The van der Waals surface area contributed by atoms with Gasteiger partial charge in [-0.25, -0.2) is 4.79 Å². The molecule has 4 amide bonds. The summed E-state index contributed by atoms with van der Waals surface area (Å²) in [5.41, 5.74) is -1.32. The van der Waals surface area contributed by atoms with E-state index >= 15 is 0 Å². The lowest BCUT2D eigenvalue weighted by Gasteiger charge is -2.63. The maximum Gasteiger partial charge on any atom is 0.408 e. The molecule has 2 saturated heterocycles. The van der Waals surface area contributed by atoms with E-state index in [0.29, 0.717) is 23.7 Å². The van der Waals surface area contributed by atoms with Crippen LogP contribution in [0, 0.1) is 53.3 Å². The van der Waals surface area contributed by atoms with Gasteiger partial charge in [0.2, 0.25) is 11.8 Å². The summed E-state index contributed by atoms with van der Waals surface area (Å²) in [4.78, 5) is 52.0. The molecule has 12 atom stereocenters. The fourth-order valence-electron chi connectivity index (χ4n) is 9.73. The number of hydrogen-bond donors (Lipinski definition) is 5. The van der Waals surface area contributed by atoms with Crippen molar-refractivity contribution in [2.45, 2.75) is 57.1 Å². The number of rotatable bonds is 8. The number of benzene rings is 1. The van der Waals surface area contributed by atoms with E-state index in [9.17, 15) is 24.3 Å². The molecule has 5 saturated carbocycles. The number of piperidine rings is 2. The molecule has 5 N–H and O–H groups in total. The number of carbonyl (C=O) groups excluding carboxylic acids is 4.